The molecule has 0 saturated carbocycles. The Balaban J connectivity index is 1.44. The van der Waals surface area contributed by atoms with Crippen molar-refractivity contribution in [3.63, 3.8) is 0 Å². The van der Waals surface area contributed by atoms with Gasteiger partial charge in [0.1, 0.15) is 28.6 Å². The summed E-state index contributed by atoms with van der Waals surface area (Å²) in [7, 11) is 0. The number of anilines is 1. The van der Waals surface area contributed by atoms with Gasteiger partial charge in [-0.1, -0.05) is 35.0 Å². The highest BCUT2D eigenvalue weighted by Crippen LogP contribution is 2.32. The summed E-state index contributed by atoms with van der Waals surface area (Å²) in [5.74, 6) is 1.30. The number of nitrogens with one attached hydrogen (secondary N) is 1. The Morgan fingerprint density at radius 1 is 1.17 bits per heavy atom. The highest BCUT2D eigenvalue weighted by Gasteiger charge is 2.24. The molecular weight excluding hydrogens is 498 g/mol. The van der Waals surface area contributed by atoms with Crippen LogP contribution in [0.25, 0.3) is 27.6 Å². The number of hydrogen-bond donors (Lipinski definition) is 1. The lowest BCUT2D eigenvalue weighted by Gasteiger charge is -2.08. The highest BCUT2D eigenvalue weighted by molar-refractivity contribution is 7.12. The maximum absolute atomic E-state index is 13.4. The minimum atomic E-state index is -0.381. The Kier molecular flexibility index (Phi) is 6.58. The molecule has 1 N–H and O–H groups in total. The van der Waals surface area contributed by atoms with Crippen molar-refractivity contribution in [2.45, 2.75) is 20.8 Å². The van der Waals surface area contributed by atoms with Gasteiger partial charge in [0, 0.05) is 22.6 Å². The average Bonchev–Trinajstić information content (AvgIpc) is 3.59. The van der Waals surface area contributed by atoms with Gasteiger partial charge >= 0.3 is 0 Å². The molecule has 0 aliphatic heterocycles. The van der Waals surface area contributed by atoms with Gasteiger partial charge in [0.25, 0.3) is 5.91 Å². The topological polar surface area (TPSA) is 95.1 Å². The fourth-order valence-corrected chi connectivity index (χ4v) is 4.79. The largest absolute Gasteiger partial charge is 0.494 e. The van der Waals surface area contributed by atoms with Gasteiger partial charge in [0.05, 0.1) is 23.0 Å². The molecule has 0 aliphatic rings. The first-order valence-electron chi connectivity index (χ1n) is 11.2. The molecule has 0 spiro atoms. The summed E-state index contributed by atoms with van der Waals surface area (Å²) in [6, 6.07) is 16.7. The Morgan fingerprint density at radius 2 is 1.94 bits per heavy atom. The van der Waals surface area contributed by atoms with E-state index in [-0.39, 0.29) is 5.91 Å². The molecule has 0 saturated heterocycles. The number of carbonyl (C=O) groups is 1. The number of rotatable bonds is 7. The van der Waals surface area contributed by atoms with Gasteiger partial charge in [0.15, 0.2) is 0 Å². The molecule has 2 aromatic carbocycles. The van der Waals surface area contributed by atoms with E-state index in [2.05, 4.69) is 15.6 Å². The van der Waals surface area contributed by atoms with Gasteiger partial charge in [0.2, 0.25) is 5.13 Å². The molecule has 36 heavy (non-hydrogen) atoms. The second-order valence-electron chi connectivity index (χ2n) is 7.95. The number of aromatic nitrogens is 4. The van der Waals surface area contributed by atoms with E-state index >= 15 is 0 Å². The number of ether oxygens (including phenoxy) is 1. The lowest BCUT2D eigenvalue weighted by molar-refractivity contribution is 0.102. The molecule has 1 amide bonds. The van der Waals surface area contributed by atoms with Gasteiger partial charge in [-0.05, 0) is 51.1 Å². The maximum Gasteiger partial charge on any atom is 0.262 e. The smallest absolute Gasteiger partial charge is 0.262 e. The first-order chi connectivity index (χ1) is 17.4. The Morgan fingerprint density at radius 3 is 2.69 bits per heavy atom. The second-order valence-corrected chi connectivity index (χ2v) is 9.20. The number of amides is 1. The summed E-state index contributed by atoms with van der Waals surface area (Å²) < 4.78 is 12.5. The lowest BCUT2D eigenvalue weighted by atomic mass is 10.1. The zero-order chi connectivity index (χ0) is 25.2. The summed E-state index contributed by atoms with van der Waals surface area (Å²) in [6.07, 6.45) is 0. The van der Waals surface area contributed by atoms with Crippen LogP contribution in [0.3, 0.4) is 0 Å². The molecule has 8 nitrogen and oxygen atoms in total. The predicted molar refractivity (Wildman–Crippen MR) is 140 cm³/mol. The van der Waals surface area contributed by atoms with Gasteiger partial charge in [-0.15, -0.1) is 11.3 Å². The van der Waals surface area contributed by atoms with Crippen LogP contribution in [0.4, 0.5) is 5.82 Å². The minimum Gasteiger partial charge on any atom is -0.494 e. The lowest BCUT2D eigenvalue weighted by Crippen LogP contribution is -2.16. The zero-order valence-electron chi connectivity index (χ0n) is 19.8. The van der Waals surface area contributed by atoms with Crippen LogP contribution in [0.2, 0.25) is 5.02 Å². The summed E-state index contributed by atoms with van der Waals surface area (Å²) in [6.45, 7) is 6.11. The third-order valence-electron chi connectivity index (χ3n) is 5.43. The van der Waals surface area contributed by atoms with Crippen LogP contribution >= 0.6 is 22.9 Å². The second kappa shape index (κ2) is 9.96. The van der Waals surface area contributed by atoms with E-state index in [4.69, 9.17) is 25.8 Å². The summed E-state index contributed by atoms with van der Waals surface area (Å²) in [4.78, 5) is 18.1. The van der Waals surface area contributed by atoms with Crippen LogP contribution < -0.4 is 10.1 Å². The summed E-state index contributed by atoms with van der Waals surface area (Å²) in [5.41, 5.74) is 3.80. The molecule has 5 aromatic rings. The van der Waals surface area contributed by atoms with Gasteiger partial charge in [-0.3, -0.25) is 4.79 Å². The zero-order valence-corrected chi connectivity index (χ0v) is 21.4. The maximum atomic E-state index is 13.4. The van der Waals surface area contributed by atoms with Crippen molar-refractivity contribution in [3.8, 4) is 33.4 Å². The van der Waals surface area contributed by atoms with Crippen LogP contribution in [0.5, 0.6) is 5.75 Å². The van der Waals surface area contributed by atoms with Gasteiger partial charge in [-0.2, -0.15) is 9.78 Å². The van der Waals surface area contributed by atoms with Crippen LogP contribution in [0, 0.1) is 13.8 Å². The monoisotopic (exact) mass is 519 g/mol. The molecule has 0 aliphatic carbocycles. The van der Waals surface area contributed by atoms with Crippen molar-refractivity contribution in [3.05, 3.63) is 82.0 Å². The molecule has 0 atom stereocenters. The normalized spacial score (nSPS) is 11.0. The number of thiazole rings is 1. The molecule has 5 rings (SSSR count). The first kappa shape index (κ1) is 23.8. The predicted octanol–water partition coefficient (Wildman–Crippen LogP) is 6.57. The number of aryl methyl sites for hydroxylation is 2. The fourth-order valence-electron chi connectivity index (χ4n) is 3.77. The molecule has 3 heterocycles. The molecule has 182 valence electrons. The van der Waals surface area contributed by atoms with Crippen LogP contribution in [0.15, 0.2) is 64.5 Å². The molecule has 0 fully saturated rings. The molecule has 3 aromatic heterocycles. The quantitative estimate of drug-likeness (QED) is 0.261. The Labute approximate surface area is 216 Å². The summed E-state index contributed by atoms with van der Waals surface area (Å²) >= 11 is 7.78. The van der Waals surface area contributed by atoms with Crippen molar-refractivity contribution < 1.29 is 14.1 Å². The number of hydrogen-bond acceptors (Lipinski definition) is 7. The van der Waals surface area contributed by atoms with E-state index in [0.717, 1.165) is 22.7 Å². The minimum absolute atomic E-state index is 0.308. The SMILES string of the molecule is CCOc1ccc(-c2csc(-n3nc(C)cc3NC(=O)c3c(-c4ccccc4Cl)noc3C)n2)cc1. The van der Waals surface area contributed by atoms with Gasteiger partial charge < -0.3 is 14.6 Å². The fraction of sp³-hybridized carbons (Fsp3) is 0.154. The molecule has 0 radical (unpaired) electrons. The van der Waals surface area contributed by atoms with Crippen molar-refractivity contribution in [1.29, 1.82) is 0 Å². The Hall–Kier alpha value is -3.95. The third-order valence-corrected chi connectivity index (χ3v) is 6.57. The first-order valence-corrected chi connectivity index (χ1v) is 12.5. The van der Waals surface area contributed by atoms with Crippen LogP contribution in [0.1, 0.15) is 28.7 Å². The Bertz CT molecular complexity index is 1540. The van der Waals surface area contributed by atoms with E-state index in [9.17, 15) is 4.79 Å². The van der Waals surface area contributed by atoms with Gasteiger partial charge in [-0.25, -0.2) is 4.98 Å². The third kappa shape index (κ3) is 4.62. The number of carbonyl (C=O) groups excluding carboxylic acids is 1. The van der Waals surface area contributed by atoms with E-state index in [1.807, 2.05) is 55.6 Å². The van der Waals surface area contributed by atoms with Crippen molar-refractivity contribution in [2.75, 3.05) is 11.9 Å². The molecule has 10 heteroatoms. The molecule has 0 bridgehead atoms. The number of nitrogens with zero attached hydrogens (tertiary/aromatic N) is 4. The molecular formula is C26H22ClN5O3S. The van der Waals surface area contributed by atoms with E-state index < -0.39 is 0 Å². The number of halogens is 1. The highest BCUT2D eigenvalue weighted by atomic mass is 35.5. The van der Waals surface area contributed by atoms with Crippen LogP contribution in [-0.2, 0) is 0 Å². The van der Waals surface area contributed by atoms with Crippen molar-refractivity contribution >= 4 is 34.7 Å². The average molecular weight is 520 g/mol. The van der Waals surface area contributed by atoms with Crippen LogP contribution in [-0.4, -0.2) is 32.4 Å². The van der Waals surface area contributed by atoms with E-state index in [1.165, 1.54) is 11.3 Å². The summed E-state index contributed by atoms with van der Waals surface area (Å²) in [5, 5.41) is 14.6. The molecule has 0 unspecified atom stereocenters. The van der Waals surface area contributed by atoms with E-state index in [1.54, 1.807) is 29.8 Å². The van der Waals surface area contributed by atoms with E-state index in [0.29, 0.717) is 45.2 Å². The van der Waals surface area contributed by atoms with Crippen molar-refractivity contribution in [2.24, 2.45) is 0 Å². The number of benzene rings is 2. The standard InChI is InChI=1S/C26H22ClN5O3S/c1-4-34-18-11-9-17(10-12-18)21-14-36-26(28-21)32-22(13-15(2)30-32)29-25(33)23-16(3)35-31-24(23)19-7-5-6-8-20(19)27/h5-14H,4H2,1-3H3,(H,29,33). The van der Waals surface area contributed by atoms with Crippen molar-refractivity contribution in [1.82, 2.24) is 19.9 Å².